The molecule has 1 aliphatic heterocycles. The van der Waals surface area contributed by atoms with Crippen molar-refractivity contribution < 1.29 is 24.5 Å². The quantitative estimate of drug-likeness (QED) is 0.773. The second-order valence-corrected chi connectivity index (χ2v) is 6.42. The number of amides is 1. The number of aliphatic hydroxyl groups excluding tert-OH is 2. The Bertz CT molecular complexity index is 828. The number of benzene rings is 1. The second-order valence-electron chi connectivity index (χ2n) is 5.47. The first-order chi connectivity index (χ1) is 12.1. The summed E-state index contributed by atoms with van der Waals surface area (Å²) in [5, 5.41) is 21.4. The van der Waals surface area contributed by atoms with Crippen molar-refractivity contribution in [2.45, 2.75) is 6.04 Å². The molecule has 0 unspecified atom stereocenters. The smallest absolute Gasteiger partial charge is 0.290 e. The molecule has 1 aromatic heterocycles. The van der Waals surface area contributed by atoms with Crippen molar-refractivity contribution in [2.24, 2.45) is 0 Å². The Morgan fingerprint density at radius 1 is 1.32 bits per heavy atom. The molecule has 7 heteroatoms. The Kier molecular flexibility index (Phi) is 4.87. The number of ketones is 1. The first-order valence-electron chi connectivity index (χ1n) is 7.65. The number of methoxy groups -OCH3 is 1. The minimum Gasteiger partial charge on any atom is -0.503 e. The number of rotatable bonds is 6. The van der Waals surface area contributed by atoms with Gasteiger partial charge in [-0.1, -0.05) is 18.2 Å². The molecule has 2 N–H and O–H groups in total. The van der Waals surface area contributed by atoms with E-state index in [1.807, 2.05) is 0 Å². The molecule has 0 saturated carbocycles. The summed E-state index contributed by atoms with van der Waals surface area (Å²) < 4.78 is 5.22. The Hall–Kier alpha value is -2.64. The number of carbonyl (C=O) groups is 2. The number of aliphatic hydroxyl groups is 2. The summed E-state index contributed by atoms with van der Waals surface area (Å²) in [7, 11) is 1.52. The summed E-state index contributed by atoms with van der Waals surface area (Å²) in [5.74, 6) is -1.06. The molecule has 0 spiro atoms. The van der Waals surface area contributed by atoms with Gasteiger partial charge in [0.15, 0.2) is 5.76 Å². The molecule has 1 amide bonds. The summed E-state index contributed by atoms with van der Waals surface area (Å²) in [5.41, 5.74) is 0.652. The third-order valence-corrected chi connectivity index (χ3v) is 4.91. The average Bonchev–Trinajstić information content (AvgIpc) is 3.24. The maximum Gasteiger partial charge on any atom is 0.290 e. The summed E-state index contributed by atoms with van der Waals surface area (Å²) in [6.45, 7) is -0.272. The zero-order valence-corrected chi connectivity index (χ0v) is 14.3. The molecule has 0 aliphatic carbocycles. The Morgan fingerprint density at radius 3 is 2.76 bits per heavy atom. The van der Waals surface area contributed by atoms with Crippen molar-refractivity contribution in [1.29, 1.82) is 0 Å². The van der Waals surface area contributed by atoms with Gasteiger partial charge < -0.3 is 19.8 Å². The van der Waals surface area contributed by atoms with Gasteiger partial charge in [0.05, 0.1) is 30.2 Å². The fraction of sp³-hybridized carbons (Fsp3) is 0.222. The molecule has 2 heterocycles. The predicted octanol–water partition coefficient (Wildman–Crippen LogP) is 2.33. The molecule has 3 rings (SSSR count). The van der Waals surface area contributed by atoms with Crippen LogP contribution in [0.25, 0.3) is 0 Å². The van der Waals surface area contributed by atoms with Crippen molar-refractivity contribution in [2.75, 3.05) is 20.3 Å². The fourth-order valence-corrected chi connectivity index (χ4v) is 3.60. The van der Waals surface area contributed by atoms with Crippen molar-refractivity contribution in [3.05, 3.63) is 63.6 Å². The Labute approximate surface area is 148 Å². The van der Waals surface area contributed by atoms with E-state index in [-0.39, 0.29) is 18.7 Å². The van der Waals surface area contributed by atoms with Gasteiger partial charge in [0.25, 0.3) is 5.91 Å². The number of nitrogens with zero attached hydrogens (tertiary/aromatic N) is 1. The maximum atomic E-state index is 12.9. The lowest BCUT2D eigenvalue weighted by Crippen LogP contribution is -2.33. The largest absolute Gasteiger partial charge is 0.503 e. The molecule has 130 valence electrons. The molecule has 1 aliphatic rings. The zero-order valence-electron chi connectivity index (χ0n) is 13.5. The number of thiophene rings is 1. The normalized spacial score (nSPS) is 17.3. The Balaban J connectivity index is 2.11. The molecular weight excluding hydrogens is 342 g/mol. The van der Waals surface area contributed by atoms with E-state index in [9.17, 15) is 19.8 Å². The molecule has 0 bridgehead atoms. The molecule has 1 atom stereocenters. The SMILES string of the molecule is COc1cccc([C@H]2C(C(=O)c3cccs3)=C(O)C(=O)N2CCO)c1. The molecule has 2 aromatic rings. The summed E-state index contributed by atoms with van der Waals surface area (Å²) >= 11 is 1.24. The van der Waals surface area contributed by atoms with Crippen LogP contribution in [0.4, 0.5) is 0 Å². The first kappa shape index (κ1) is 17.2. The van der Waals surface area contributed by atoms with Gasteiger partial charge in [-0.05, 0) is 29.1 Å². The minimum absolute atomic E-state index is 0.00594. The van der Waals surface area contributed by atoms with E-state index < -0.39 is 23.5 Å². The second kappa shape index (κ2) is 7.08. The number of Topliss-reactive ketones (excluding diaryl/α,β-unsaturated/α-hetero) is 1. The van der Waals surface area contributed by atoms with Crippen molar-refractivity contribution in [3.8, 4) is 5.75 Å². The summed E-state index contributed by atoms with van der Waals surface area (Å²) in [6.07, 6.45) is 0. The molecule has 6 nitrogen and oxygen atoms in total. The van der Waals surface area contributed by atoms with Gasteiger partial charge in [-0.2, -0.15) is 0 Å². The highest BCUT2D eigenvalue weighted by molar-refractivity contribution is 7.12. The van der Waals surface area contributed by atoms with E-state index in [1.165, 1.54) is 23.3 Å². The third-order valence-electron chi connectivity index (χ3n) is 4.04. The molecule has 0 fully saturated rings. The number of carbonyl (C=O) groups excluding carboxylic acids is 2. The van der Waals surface area contributed by atoms with Crippen LogP contribution in [0.15, 0.2) is 53.1 Å². The van der Waals surface area contributed by atoms with Gasteiger partial charge in [0, 0.05) is 6.54 Å². The summed E-state index contributed by atoms with van der Waals surface area (Å²) in [4.78, 5) is 27.1. The molecule has 0 saturated heterocycles. The average molecular weight is 359 g/mol. The topological polar surface area (TPSA) is 87.1 Å². The van der Waals surface area contributed by atoms with Crippen LogP contribution >= 0.6 is 11.3 Å². The van der Waals surface area contributed by atoms with Crippen molar-refractivity contribution in [1.82, 2.24) is 4.90 Å². The van der Waals surface area contributed by atoms with Crippen LogP contribution in [0.1, 0.15) is 21.3 Å². The van der Waals surface area contributed by atoms with E-state index in [2.05, 4.69) is 0 Å². The minimum atomic E-state index is -0.774. The van der Waals surface area contributed by atoms with Crippen LogP contribution in [-0.2, 0) is 4.79 Å². The van der Waals surface area contributed by atoms with Crippen LogP contribution < -0.4 is 4.74 Å². The molecule has 25 heavy (non-hydrogen) atoms. The Morgan fingerprint density at radius 2 is 2.12 bits per heavy atom. The van der Waals surface area contributed by atoms with E-state index in [0.29, 0.717) is 16.2 Å². The van der Waals surface area contributed by atoms with Gasteiger partial charge in [-0.3, -0.25) is 9.59 Å². The number of hydrogen-bond acceptors (Lipinski definition) is 6. The fourth-order valence-electron chi connectivity index (χ4n) is 2.92. The highest BCUT2D eigenvalue weighted by Gasteiger charge is 2.43. The highest BCUT2D eigenvalue weighted by Crippen LogP contribution is 2.40. The molecule has 0 radical (unpaired) electrons. The number of hydrogen-bond donors (Lipinski definition) is 2. The highest BCUT2D eigenvalue weighted by atomic mass is 32.1. The van der Waals surface area contributed by atoms with E-state index in [1.54, 1.807) is 41.8 Å². The van der Waals surface area contributed by atoms with Gasteiger partial charge >= 0.3 is 0 Å². The lowest BCUT2D eigenvalue weighted by atomic mass is 9.95. The van der Waals surface area contributed by atoms with Crippen molar-refractivity contribution >= 4 is 23.0 Å². The van der Waals surface area contributed by atoms with Crippen LogP contribution in [-0.4, -0.2) is 47.1 Å². The van der Waals surface area contributed by atoms with Crippen LogP contribution in [0, 0.1) is 0 Å². The van der Waals surface area contributed by atoms with E-state index in [0.717, 1.165) is 0 Å². The van der Waals surface area contributed by atoms with Gasteiger partial charge in [-0.25, -0.2) is 0 Å². The first-order valence-corrected chi connectivity index (χ1v) is 8.53. The van der Waals surface area contributed by atoms with E-state index >= 15 is 0 Å². The van der Waals surface area contributed by atoms with Gasteiger partial charge in [0.1, 0.15) is 5.75 Å². The molecular formula is C18H17NO5S. The van der Waals surface area contributed by atoms with Crippen LogP contribution in [0.3, 0.4) is 0 Å². The van der Waals surface area contributed by atoms with Crippen molar-refractivity contribution in [3.63, 3.8) is 0 Å². The lowest BCUT2D eigenvalue weighted by Gasteiger charge is -2.26. The number of ether oxygens (including phenoxy) is 1. The molecule has 1 aromatic carbocycles. The number of β-amino-alcohol motifs (C(OH)–C–C–N with tert-alkyl or cyclic N) is 1. The van der Waals surface area contributed by atoms with Crippen LogP contribution in [0.5, 0.6) is 5.75 Å². The van der Waals surface area contributed by atoms with Crippen LogP contribution in [0.2, 0.25) is 0 Å². The zero-order chi connectivity index (χ0) is 18.0. The maximum absolute atomic E-state index is 12.9. The van der Waals surface area contributed by atoms with Gasteiger partial charge in [0.2, 0.25) is 5.78 Å². The standard InChI is InChI=1S/C18H17NO5S/c1-24-12-5-2-4-11(10-12)15-14(16(21)13-6-3-9-25-13)17(22)18(23)19(15)7-8-20/h2-6,9-10,15,20,22H,7-8H2,1H3/t15-/m0/s1. The lowest BCUT2D eigenvalue weighted by molar-refractivity contribution is -0.129. The summed E-state index contributed by atoms with van der Waals surface area (Å²) in [6, 6.07) is 9.57. The monoisotopic (exact) mass is 359 g/mol. The van der Waals surface area contributed by atoms with E-state index in [4.69, 9.17) is 4.74 Å². The third kappa shape index (κ3) is 3.04. The van der Waals surface area contributed by atoms with Gasteiger partial charge in [-0.15, -0.1) is 11.3 Å². The predicted molar refractivity (Wildman–Crippen MR) is 92.8 cm³/mol.